The number of hydrogen-bond acceptors (Lipinski definition) is 3. The third-order valence-corrected chi connectivity index (χ3v) is 3.43. The molecule has 0 aliphatic heterocycles. The minimum atomic E-state index is -0.211. The number of halogens is 1. The van der Waals surface area contributed by atoms with E-state index >= 15 is 0 Å². The lowest BCUT2D eigenvalue weighted by Crippen LogP contribution is -2.12. The van der Waals surface area contributed by atoms with Crippen molar-refractivity contribution in [1.82, 2.24) is 19.5 Å². The Labute approximate surface area is 111 Å². The first kappa shape index (κ1) is 11.2. The van der Waals surface area contributed by atoms with Gasteiger partial charge in [0.05, 0.1) is 17.4 Å². The van der Waals surface area contributed by atoms with E-state index in [2.05, 4.69) is 30.9 Å². The zero-order valence-corrected chi connectivity index (χ0v) is 11.1. The standard InChI is InChI=1S/C12H9BrN4O/c1-7-16-8-4-2-3-5-9(8)17(7)11-10(13)12(18)15-6-14-11/h2-6H,1H3,(H,14,15,18). The highest BCUT2D eigenvalue weighted by Crippen LogP contribution is 2.22. The van der Waals surface area contributed by atoms with Crippen molar-refractivity contribution in [3.8, 4) is 5.82 Å². The summed E-state index contributed by atoms with van der Waals surface area (Å²) >= 11 is 3.27. The molecule has 6 heteroatoms. The Kier molecular flexibility index (Phi) is 2.52. The third-order valence-electron chi connectivity index (χ3n) is 2.72. The number of nitrogens with zero attached hydrogens (tertiary/aromatic N) is 3. The quantitative estimate of drug-likeness (QED) is 0.749. The van der Waals surface area contributed by atoms with Crippen LogP contribution >= 0.6 is 15.9 Å². The van der Waals surface area contributed by atoms with E-state index in [0.717, 1.165) is 16.9 Å². The molecular weight excluding hydrogens is 296 g/mol. The molecule has 0 saturated heterocycles. The number of rotatable bonds is 1. The average molecular weight is 305 g/mol. The topological polar surface area (TPSA) is 63.6 Å². The van der Waals surface area contributed by atoms with Crippen molar-refractivity contribution in [2.24, 2.45) is 0 Å². The Bertz CT molecular complexity index is 790. The van der Waals surface area contributed by atoms with Gasteiger partial charge in [-0.25, -0.2) is 9.97 Å². The highest BCUT2D eigenvalue weighted by atomic mass is 79.9. The molecule has 0 fully saturated rings. The largest absolute Gasteiger partial charge is 0.312 e. The molecule has 0 aliphatic carbocycles. The molecule has 0 unspecified atom stereocenters. The summed E-state index contributed by atoms with van der Waals surface area (Å²) in [7, 11) is 0. The molecule has 1 aromatic carbocycles. The maximum absolute atomic E-state index is 11.6. The molecule has 90 valence electrons. The predicted molar refractivity (Wildman–Crippen MR) is 71.9 cm³/mol. The smallest absolute Gasteiger partial charge is 0.267 e. The van der Waals surface area contributed by atoms with Crippen molar-refractivity contribution in [2.45, 2.75) is 6.92 Å². The number of aromatic amines is 1. The number of aromatic nitrogens is 4. The normalized spacial score (nSPS) is 11.0. The van der Waals surface area contributed by atoms with Gasteiger partial charge in [0.2, 0.25) is 0 Å². The Balaban J connectivity index is 2.42. The number of H-pyrrole nitrogens is 1. The number of para-hydroxylation sites is 2. The Morgan fingerprint density at radius 2 is 2.11 bits per heavy atom. The molecule has 0 amide bonds. The van der Waals surface area contributed by atoms with Gasteiger partial charge >= 0.3 is 0 Å². The highest BCUT2D eigenvalue weighted by Gasteiger charge is 2.13. The van der Waals surface area contributed by atoms with Crippen LogP contribution in [-0.2, 0) is 0 Å². The van der Waals surface area contributed by atoms with Crippen LogP contribution in [0.4, 0.5) is 0 Å². The fraction of sp³-hybridized carbons (Fsp3) is 0.0833. The van der Waals surface area contributed by atoms with Gasteiger partial charge in [-0.15, -0.1) is 0 Å². The second-order valence-electron chi connectivity index (χ2n) is 3.85. The molecule has 0 radical (unpaired) electrons. The average Bonchev–Trinajstić information content (AvgIpc) is 2.69. The Hall–Kier alpha value is -1.95. The van der Waals surface area contributed by atoms with Crippen LogP contribution in [-0.4, -0.2) is 19.5 Å². The first-order valence-electron chi connectivity index (χ1n) is 5.36. The van der Waals surface area contributed by atoms with E-state index in [0.29, 0.717) is 10.3 Å². The van der Waals surface area contributed by atoms with E-state index in [4.69, 9.17) is 0 Å². The fourth-order valence-corrected chi connectivity index (χ4v) is 2.34. The zero-order valence-electron chi connectivity index (χ0n) is 9.51. The van der Waals surface area contributed by atoms with Gasteiger partial charge in [0, 0.05) is 0 Å². The van der Waals surface area contributed by atoms with Gasteiger partial charge in [-0.2, -0.15) is 0 Å². The molecule has 3 aromatic rings. The van der Waals surface area contributed by atoms with Gasteiger partial charge in [0.25, 0.3) is 5.56 Å². The van der Waals surface area contributed by atoms with Crippen molar-refractivity contribution >= 4 is 27.0 Å². The van der Waals surface area contributed by atoms with E-state index in [1.807, 2.05) is 35.8 Å². The molecule has 2 heterocycles. The van der Waals surface area contributed by atoms with Gasteiger partial charge < -0.3 is 4.98 Å². The highest BCUT2D eigenvalue weighted by molar-refractivity contribution is 9.10. The Morgan fingerprint density at radius 3 is 2.94 bits per heavy atom. The van der Waals surface area contributed by atoms with Crippen molar-refractivity contribution in [2.75, 3.05) is 0 Å². The maximum atomic E-state index is 11.6. The SMILES string of the molecule is Cc1nc2ccccc2n1-c1nc[nH]c(=O)c1Br. The summed E-state index contributed by atoms with van der Waals surface area (Å²) in [5.41, 5.74) is 1.59. The van der Waals surface area contributed by atoms with Gasteiger partial charge in [0.1, 0.15) is 10.3 Å². The molecule has 0 atom stereocenters. The number of fused-ring (bicyclic) bond motifs is 1. The van der Waals surface area contributed by atoms with Gasteiger partial charge in [0.15, 0.2) is 5.82 Å². The van der Waals surface area contributed by atoms with Crippen LogP contribution in [0.2, 0.25) is 0 Å². The summed E-state index contributed by atoms with van der Waals surface area (Å²) < 4.78 is 2.26. The first-order valence-corrected chi connectivity index (χ1v) is 6.15. The molecule has 5 nitrogen and oxygen atoms in total. The molecule has 18 heavy (non-hydrogen) atoms. The molecule has 1 N–H and O–H groups in total. The van der Waals surface area contributed by atoms with E-state index in [1.165, 1.54) is 6.33 Å². The van der Waals surface area contributed by atoms with Crippen molar-refractivity contribution in [3.05, 3.63) is 51.2 Å². The number of nitrogens with one attached hydrogen (secondary N) is 1. The molecule has 0 aliphatic rings. The van der Waals surface area contributed by atoms with Gasteiger partial charge in [-0.3, -0.25) is 9.36 Å². The van der Waals surface area contributed by atoms with Crippen LogP contribution in [0.5, 0.6) is 0 Å². The monoisotopic (exact) mass is 304 g/mol. The first-order chi connectivity index (χ1) is 8.68. The zero-order chi connectivity index (χ0) is 12.7. The Morgan fingerprint density at radius 1 is 1.33 bits per heavy atom. The van der Waals surface area contributed by atoms with Crippen LogP contribution in [0.15, 0.2) is 39.9 Å². The van der Waals surface area contributed by atoms with Crippen LogP contribution in [0, 0.1) is 6.92 Å². The third kappa shape index (κ3) is 1.57. The lowest BCUT2D eigenvalue weighted by atomic mass is 10.3. The molecule has 3 rings (SSSR count). The number of hydrogen-bond donors (Lipinski definition) is 1. The summed E-state index contributed by atoms with van der Waals surface area (Å²) in [5, 5.41) is 0. The van der Waals surface area contributed by atoms with E-state index in [9.17, 15) is 4.79 Å². The summed E-state index contributed by atoms with van der Waals surface area (Å²) in [6.07, 6.45) is 1.39. The lowest BCUT2D eigenvalue weighted by molar-refractivity contribution is 0.923. The number of aryl methyl sites for hydroxylation is 1. The molecule has 0 spiro atoms. The van der Waals surface area contributed by atoms with Gasteiger partial charge in [-0.1, -0.05) is 12.1 Å². The summed E-state index contributed by atoms with van der Waals surface area (Å²) in [5.74, 6) is 1.33. The number of imidazole rings is 1. The second-order valence-corrected chi connectivity index (χ2v) is 4.65. The summed E-state index contributed by atoms with van der Waals surface area (Å²) in [6, 6.07) is 7.74. The summed E-state index contributed by atoms with van der Waals surface area (Å²) in [6.45, 7) is 1.88. The molecule has 0 saturated carbocycles. The predicted octanol–water partition coefficient (Wildman–Crippen LogP) is 2.18. The van der Waals surface area contributed by atoms with Crippen LogP contribution in [0.3, 0.4) is 0 Å². The van der Waals surface area contributed by atoms with E-state index in [-0.39, 0.29) is 5.56 Å². The van der Waals surface area contributed by atoms with Crippen molar-refractivity contribution in [1.29, 1.82) is 0 Å². The lowest BCUT2D eigenvalue weighted by Gasteiger charge is -2.06. The van der Waals surface area contributed by atoms with Crippen LogP contribution in [0.25, 0.3) is 16.9 Å². The number of benzene rings is 1. The van der Waals surface area contributed by atoms with Crippen molar-refractivity contribution < 1.29 is 0 Å². The minimum Gasteiger partial charge on any atom is -0.312 e. The van der Waals surface area contributed by atoms with E-state index < -0.39 is 0 Å². The molecule has 2 aromatic heterocycles. The van der Waals surface area contributed by atoms with Crippen LogP contribution in [0.1, 0.15) is 5.82 Å². The van der Waals surface area contributed by atoms with Crippen molar-refractivity contribution in [3.63, 3.8) is 0 Å². The molecular formula is C12H9BrN4O. The fourth-order valence-electron chi connectivity index (χ4n) is 1.94. The molecule has 0 bridgehead atoms. The van der Waals surface area contributed by atoms with Gasteiger partial charge in [-0.05, 0) is 35.0 Å². The summed E-state index contributed by atoms with van der Waals surface area (Å²) in [4.78, 5) is 22.8. The minimum absolute atomic E-state index is 0.211. The second kappa shape index (κ2) is 4.06. The van der Waals surface area contributed by atoms with Crippen LogP contribution < -0.4 is 5.56 Å². The van der Waals surface area contributed by atoms with E-state index in [1.54, 1.807) is 0 Å². The maximum Gasteiger partial charge on any atom is 0.267 e.